The van der Waals surface area contributed by atoms with Gasteiger partial charge in [0.25, 0.3) is 0 Å². The molecule has 0 aliphatic heterocycles. The molecule has 0 unspecified atom stereocenters. The Morgan fingerprint density at radius 2 is 1.42 bits per heavy atom. The number of unbranched alkanes of at least 4 members (excludes halogenated alkanes) is 2. The van der Waals surface area contributed by atoms with E-state index in [-0.39, 0.29) is 5.97 Å². The summed E-state index contributed by atoms with van der Waals surface area (Å²) in [6.07, 6.45) is 11.7. The van der Waals surface area contributed by atoms with Crippen LogP contribution in [0.5, 0.6) is 5.75 Å². The van der Waals surface area contributed by atoms with Crippen LogP contribution in [0.1, 0.15) is 98.5 Å². The minimum atomic E-state index is -0.363. The van der Waals surface area contributed by atoms with Crippen molar-refractivity contribution in [2.45, 2.75) is 77.0 Å². The van der Waals surface area contributed by atoms with E-state index in [2.05, 4.69) is 25.6 Å². The lowest BCUT2D eigenvalue weighted by Crippen LogP contribution is -2.13. The largest absolute Gasteiger partial charge is 0.494 e. The maximum Gasteiger partial charge on any atom is 0.343 e. The highest BCUT2D eigenvalue weighted by atomic mass is 16.5. The first kappa shape index (κ1) is 29.9. The molecule has 1 fully saturated rings. The molecule has 1 saturated carbocycles. The van der Waals surface area contributed by atoms with Gasteiger partial charge in [-0.25, -0.2) is 4.79 Å². The van der Waals surface area contributed by atoms with E-state index in [1.54, 1.807) is 19.2 Å². The van der Waals surface area contributed by atoms with Crippen LogP contribution in [0, 0.1) is 5.92 Å². The second kappa shape index (κ2) is 17.1. The average molecular weight is 523 g/mol. The Morgan fingerprint density at radius 3 is 2.05 bits per heavy atom. The van der Waals surface area contributed by atoms with E-state index in [4.69, 9.17) is 18.9 Å². The smallest absolute Gasteiger partial charge is 0.343 e. The van der Waals surface area contributed by atoms with Crippen molar-refractivity contribution in [3.8, 4) is 5.75 Å². The van der Waals surface area contributed by atoms with Crippen molar-refractivity contribution in [2.75, 3.05) is 33.5 Å². The van der Waals surface area contributed by atoms with E-state index in [0.29, 0.717) is 29.6 Å². The van der Waals surface area contributed by atoms with Gasteiger partial charge in [0.1, 0.15) is 11.5 Å². The fraction of sp³-hybridized carbons (Fsp3) is 0.545. The van der Waals surface area contributed by atoms with Gasteiger partial charge in [-0.15, -0.1) is 0 Å². The van der Waals surface area contributed by atoms with Crippen molar-refractivity contribution in [3.05, 3.63) is 71.8 Å². The lowest BCUT2D eigenvalue weighted by Gasteiger charge is -2.28. The molecule has 3 rings (SSSR count). The molecule has 0 atom stereocenters. The minimum Gasteiger partial charge on any atom is -0.494 e. The van der Waals surface area contributed by atoms with Crippen molar-refractivity contribution in [3.63, 3.8) is 0 Å². The predicted octanol–water partition coefficient (Wildman–Crippen LogP) is 8.19. The van der Waals surface area contributed by atoms with E-state index in [0.717, 1.165) is 57.0 Å². The van der Waals surface area contributed by atoms with Gasteiger partial charge in [-0.2, -0.15) is 0 Å². The zero-order valence-corrected chi connectivity index (χ0v) is 23.4. The summed E-state index contributed by atoms with van der Waals surface area (Å²) in [4.78, 5) is 12.7. The molecule has 0 aromatic heterocycles. The zero-order chi connectivity index (χ0) is 27.0. The highest BCUT2D eigenvalue weighted by molar-refractivity contribution is 5.91. The number of hydrogen-bond donors (Lipinski definition) is 0. The van der Waals surface area contributed by atoms with Crippen molar-refractivity contribution in [1.29, 1.82) is 0 Å². The Bertz CT molecular complexity index is 942. The van der Waals surface area contributed by atoms with E-state index in [1.807, 2.05) is 24.3 Å². The number of rotatable bonds is 17. The molecule has 5 heteroatoms. The maximum atomic E-state index is 12.7. The number of methoxy groups -OCH3 is 1. The van der Waals surface area contributed by atoms with Gasteiger partial charge in [-0.3, -0.25) is 0 Å². The summed E-state index contributed by atoms with van der Waals surface area (Å²) >= 11 is 0. The molecule has 0 heterocycles. The summed E-state index contributed by atoms with van der Waals surface area (Å²) in [5.74, 6) is 2.34. The molecule has 2 aromatic rings. The van der Waals surface area contributed by atoms with Crippen LogP contribution in [0.3, 0.4) is 0 Å². The molecule has 0 radical (unpaired) electrons. The van der Waals surface area contributed by atoms with Gasteiger partial charge in [-0.1, -0.05) is 50.6 Å². The average Bonchev–Trinajstić information content (AvgIpc) is 2.95. The van der Waals surface area contributed by atoms with E-state index >= 15 is 0 Å². The third kappa shape index (κ3) is 10.3. The Labute approximate surface area is 229 Å². The number of carbonyl (C=O) groups is 1. The number of ether oxygens (including phenoxy) is 4. The lowest BCUT2D eigenvalue weighted by molar-refractivity contribution is 0.0734. The van der Waals surface area contributed by atoms with Gasteiger partial charge in [0.2, 0.25) is 0 Å². The van der Waals surface area contributed by atoms with Crippen LogP contribution in [0.25, 0.3) is 5.76 Å². The molecule has 0 bridgehead atoms. The van der Waals surface area contributed by atoms with Crippen molar-refractivity contribution in [1.82, 2.24) is 0 Å². The molecule has 208 valence electrons. The molecule has 1 aliphatic carbocycles. The van der Waals surface area contributed by atoms with Gasteiger partial charge in [0.15, 0.2) is 0 Å². The van der Waals surface area contributed by atoms with Gasteiger partial charge in [0.05, 0.1) is 12.2 Å². The van der Waals surface area contributed by atoms with Gasteiger partial charge < -0.3 is 18.9 Å². The maximum absolute atomic E-state index is 12.7. The monoisotopic (exact) mass is 522 g/mol. The molecule has 38 heavy (non-hydrogen) atoms. The molecule has 5 nitrogen and oxygen atoms in total. The first-order valence-corrected chi connectivity index (χ1v) is 14.4. The molecule has 2 aromatic carbocycles. The Morgan fingerprint density at radius 1 is 0.816 bits per heavy atom. The summed E-state index contributed by atoms with van der Waals surface area (Å²) in [6.45, 7) is 9.19. The van der Waals surface area contributed by atoms with E-state index < -0.39 is 0 Å². The number of carbonyl (C=O) groups excluding carboxylic acids is 1. The topological polar surface area (TPSA) is 54.0 Å². The Balaban J connectivity index is 1.35. The summed E-state index contributed by atoms with van der Waals surface area (Å²) in [5, 5.41) is 0. The molecular formula is C33H46O5. The third-order valence-corrected chi connectivity index (χ3v) is 7.39. The molecule has 0 N–H and O–H groups in total. The summed E-state index contributed by atoms with van der Waals surface area (Å²) in [5.41, 5.74) is 2.71. The summed E-state index contributed by atoms with van der Waals surface area (Å²) < 4.78 is 22.0. The van der Waals surface area contributed by atoms with E-state index in [1.165, 1.54) is 44.1 Å². The molecule has 0 saturated heterocycles. The third-order valence-electron chi connectivity index (χ3n) is 7.39. The zero-order valence-electron chi connectivity index (χ0n) is 23.4. The summed E-state index contributed by atoms with van der Waals surface area (Å²) in [7, 11) is 1.72. The van der Waals surface area contributed by atoms with Gasteiger partial charge in [-0.05, 0) is 93.0 Å². The Kier molecular flexibility index (Phi) is 13.4. The van der Waals surface area contributed by atoms with Crippen LogP contribution in [0.2, 0.25) is 0 Å². The highest BCUT2D eigenvalue weighted by Gasteiger charge is 2.22. The summed E-state index contributed by atoms with van der Waals surface area (Å²) in [6, 6.07) is 15.3. The quantitative estimate of drug-likeness (QED) is 0.0907. The van der Waals surface area contributed by atoms with Crippen LogP contribution in [0.4, 0.5) is 0 Å². The number of benzene rings is 2. The fourth-order valence-electron chi connectivity index (χ4n) is 5.10. The van der Waals surface area contributed by atoms with Gasteiger partial charge in [0, 0.05) is 32.5 Å². The highest BCUT2D eigenvalue weighted by Crippen LogP contribution is 2.37. The van der Waals surface area contributed by atoms with Crippen LogP contribution < -0.4 is 4.74 Å². The van der Waals surface area contributed by atoms with Crippen LogP contribution in [0.15, 0.2) is 55.1 Å². The van der Waals surface area contributed by atoms with E-state index in [9.17, 15) is 4.79 Å². The minimum absolute atomic E-state index is 0.363. The predicted molar refractivity (Wildman–Crippen MR) is 154 cm³/mol. The van der Waals surface area contributed by atoms with Crippen LogP contribution >= 0.6 is 0 Å². The number of esters is 1. The standard InChI is InChI=1S/C33H46O5/c1-4-9-27-10-12-29(13-11-27)30-18-20-32(21-19-30)38-33(34)31-16-14-28(15-17-31)26(2)37-25-8-7-24-36-23-6-5-22-35-3/h14-21,27,29H,2,4-13,22-25H2,1,3H3. The molecule has 1 aliphatic rings. The number of hydrogen-bond acceptors (Lipinski definition) is 5. The van der Waals surface area contributed by atoms with Crippen molar-refractivity contribution in [2.24, 2.45) is 5.92 Å². The van der Waals surface area contributed by atoms with Gasteiger partial charge >= 0.3 is 5.97 Å². The molecule has 0 spiro atoms. The fourth-order valence-corrected chi connectivity index (χ4v) is 5.10. The van der Waals surface area contributed by atoms with Crippen molar-refractivity contribution >= 4 is 11.7 Å². The second-order valence-electron chi connectivity index (χ2n) is 10.3. The van der Waals surface area contributed by atoms with Crippen LogP contribution in [-0.2, 0) is 14.2 Å². The first-order chi connectivity index (χ1) is 18.6. The van der Waals surface area contributed by atoms with Crippen LogP contribution in [-0.4, -0.2) is 39.5 Å². The normalized spacial score (nSPS) is 17.2. The second-order valence-corrected chi connectivity index (χ2v) is 10.3. The molecular weight excluding hydrogens is 476 g/mol. The van der Waals surface area contributed by atoms with Crippen molar-refractivity contribution < 1.29 is 23.7 Å². The first-order valence-electron chi connectivity index (χ1n) is 14.4. The molecule has 0 amide bonds. The SMILES string of the molecule is C=C(OCCCCOCCCCOC)c1ccc(C(=O)Oc2ccc(C3CCC(CCC)CC3)cc2)cc1. The lowest BCUT2D eigenvalue weighted by atomic mass is 9.77. The Hall–Kier alpha value is -2.63.